The minimum Gasteiger partial charge on any atom is -0.473 e. The zero-order valence-corrected chi connectivity index (χ0v) is 14.5. The fourth-order valence-corrected chi connectivity index (χ4v) is 2.52. The third-order valence-corrected chi connectivity index (χ3v) is 3.94. The third-order valence-electron chi connectivity index (χ3n) is 3.71. The van der Waals surface area contributed by atoms with Crippen molar-refractivity contribution in [3.05, 3.63) is 76.4 Å². The molecule has 122 valence electrons. The Morgan fingerprint density at radius 3 is 2.50 bits per heavy atom. The molecule has 0 amide bonds. The maximum Gasteiger partial charge on any atom is 0.217 e. The average Bonchev–Trinajstić information content (AvgIpc) is 2.61. The number of hydrogen-bond donors (Lipinski definition) is 0. The summed E-state index contributed by atoms with van der Waals surface area (Å²) >= 11 is 6.08. The smallest absolute Gasteiger partial charge is 0.217 e. The summed E-state index contributed by atoms with van der Waals surface area (Å²) in [7, 11) is 0. The third kappa shape index (κ3) is 4.12. The molecule has 0 aliphatic rings. The molecule has 0 N–H and O–H groups in total. The Morgan fingerprint density at radius 1 is 1.00 bits per heavy atom. The van der Waals surface area contributed by atoms with E-state index < -0.39 is 0 Å². The predicted octanol–water partition coefficient (Wildman–Crippen LogP) is 5.25. The van der Waals surface area contributed by atoms with Gasteiger partial charge in [-0.05, 0) is 31.0 Å². The van der Waals surface area contributed by atoms with E-state index in [4.69, 9.17) is 16.3 Å². The molecule has 1 aromatic heterocycles. The molecule has 0 saturated carbocycles. The SMILES string of the molecule is CCc1cc(OCc2ccc(C)cc2)nc(-c2cccc(Cl)c2)n1. The Balaban J connectivity index is 1.85. The average molecular weight is 339 g/mol. The van der Waals surface area contributed by atoms with Gasteiger partial charge in [-0.1, -0.05) is 60.5 Å². The van der Waals surface area contributed by atoms with Crippen LogP contribution in [0.15, 0.2) is 54.6 Å². The molecular formula is C20H19ClN2O. The maximum atomic E-state index is 6.08. The van der Waals surface area contributed by atoms with Crippen molar-refractivity contribution in [3.8, 4) is 17.3 Å². The van der Waals surface area contributed by atoms with Crippen LogP contribution in [-0.4, -0.2) is 9.97 Å². The zero-order valence-electron chi connectivity index (χ0n) is 13.8. The van der Waals surface area contributed by atoms with Crippen LogP contribution >= 0.6 is 11.6 Å². The van der Waals surface area contributed by atoms with Crippen LogP contribution < -0.4 is 4.74 Å². The largest absolute Gasteiger partial charge is 0.473 e. The van der Waals surface area contributed by atoms with Gasteiger partial charge in [0.05, 0.1) is 0 Å². The van der Waals surface area contributed by atoms with Crippen LogP contribution in [0.5, 0.6) is 5.88 Å². The topological polar surface area (TPSA) is 35.0 Å². The second-order valence-corrected chi connectivity index (χ2v) is 6.10. The first kappa shape index (κ1) is 16.5. The second kappa shape index (κ2) is 7.45. The molecule has 0 aliphatic heterocycles. The lowest BCUT2D eigenvalue weighted by Crippen LogP contribution is -2.02. The van der Waals surface area contributed by atoms with Gasteiger partial charge in [-0.2, -0.15) is 4.98 Å². The minimum absolute atomic E-state index is 0.482. The van der Waals surface area contributed by atoms with Gasteiger partial charge in [0, 0.05) is 22.3 Å². The number of halogens is 1. The van der Waals surface area contributed by atoms with Gasteiger partial charge in [-0.25, -0.2) is 4.98 Å². The van der Waals surface area contributed by atoms with Crippen molar-refractivity contribution in [1.82, 2.24) is 9.97 Å². The van der Waals surface area contributed by atoms with E-state index in [0.29, 0.717) is 23.3 Å². The first-order valence-corrected chi connectivity index (χ1v) is 8.34. The quantitative estimate of drug-likeness (QED) is 0.637. The normalized spacial score (nSPS) is 10.6. The summed E-state index contributed by atoms with van der Waals surface area (Å²) in [6.45, 7) is 4.61. The van der Waals surface area contributed by atoms with E-state index in [1.165, 1.54) is 5.56 Å². The van der Waals surface area contributed by atoms with Gasteiger partial charge in [0.25, 0.3) is 0 Å². The summed E-state index contributed by atoms with van der Waals surface area (Å²) in [5.74, 6) is 1.22. The number of aryl methyl sites for hydroxylation is 2. The lowest BCUT2D eigenvalue weighted by atomic mass is 10.2. The van der Waals surface area contributed by atoms with E-state index >= 15 is 0 Å². The van der Waals surface area contributed by atoms with Crippen LogP contribution in [0.2, 0.25) is 5.02 Å². The first-order chi connectivity index (χ1) is 11.6. The van der Waals surface area contributed by atoms with Crippen molar-refractivity contribution in [2.24, 2.45) is 0 Å². The number of aromatic nitrogens is 2. The molecule has 3 rings (SSSR count). The second-order valence-electron chi connectivity index (χ2n) is 5.66. The number of ether oxygens (including phenoxy) is 1. The number of nitrogens with zero attached hydrogens (tertiary/aromatic N) is 2. The zero-order chi connectivity index (χ0) is 16.9. The number of hydrogen-bond acceptors (Lipinski definition) is 3. The molecule has 0 radical (unpaired) electrons. The van der Waals surface area contributed by atoms with Gasteiger partial charge >= 0.3 is 0 Å². The van der Waals surface area contributed by atoms with Crippen LogP contribution in [0.1, 0.15) is 23.7 Å². The molecule has 3 aromatic rings. The Hall–Kier alpha value is -2.39. The van der Waals surface area contributed by atoms with E-state index in [2.05, 4.69) is 48.1 Å². The van der Waals surface area contributed by atoms with E-state index in [-0.39, 0.29) is 0 Å². The Bertz CT molecular complexity index is 831. The van der Waals surface area contributed by atoms with Gasteiger partial charge in [0.1, 0.15) is 6.61 Å². The molecule has 0 atom stereocenters. The van der Waals surface area contributed by atoms with E-state index in [1.807, 2.05) is 30.3 Å². The highest BCUT2D eigenvalue weighted by Gasteiger charge is 2.08. The molecule has 0 aliphatic carbocycles. The molecule has 1 heterocycles. The van der Waals surface area contributed by atoms with Crippen molar-refractivity contribution in [1.29, 1.82) is 0 Å². The molecule has 0 fully saturated rings. The lowest BCUT2D eigenvalue weighted by Gasteiger charge is -2.09. The van der Waals surface area contributed by atoms with Gasteiger partial charge in [0.2, 0.25) is 5.88 Å². The van der Waals surface area contributed by atoms with E-state index in [1.54, 1.807) is 0 Å². The predicted molar refractivity (Wildman–Crippen MR) is 97.4 cm³/mol. The first-order valence-electron chi connectivity index (χ1n) is 7.96. The van der Waals surface area contributed by atoms with Gasteiger partial charge < -0.3 is 4.74 Å². The van der Waals surface area contributed by atoms with Crippen molar-refractivity contribution in [2.75, 3.05) is 0 Å². The van der Waals surface area contributed by atoms with Crippen LogP contribution in [0.25, 0.3) is 11.4 Å². The van der Waals surface area contributed by atoms with Crippen molar-refractivity contribution in [2.45, 2.75) is 26.9 Å². The van der Waals surface area contributed by atoms with Gasteiger partial charge in [0.15, 0.2) is 5.82 Å². The molecule has 3 nitrogen and oxygen atoms in total. The lowest BCUT2D eigenvalue weighted by molar-refractivity contribution is 0.293. The monoisotopic (exact) mass is 338 g/mol. The standard InChI is InChI=1S/C20H19ClN2O/c1-3-18-12-19(24-13-15-9-7-14(2)8-10-15)23-20(22-18)16-5-4-6-17(21)11-16/h4-12H,3,13H2,1-2H3. The molecule has 0 bridgehead atoms. The number of benzene rings is 2. The minimum atomic E-state index is 0.482. The molecule has 0 saturated heterocycles. The maximum absolute atomic E-state index is 6.08. The number of rotatable bonds is 5. The van der Waals surface area contributed by atoms with Crippen molar-refractivity contribution >= 4 is 11.6 Å². The van der Waals surface area contributed by atoms with E-state index in [0.717, 1.165) is 23.2 Å². The van der Waals surface area contributed by atoms with Crippen LogP contribution in [0, 0.1) is 6.92 Å². The summed E-state index contributed by atoms with van der Waals surface area (Å²) < 4.78 is 5.88. The molecule has 0 unspecified atom stereocenters. The fourth-order valence-electron chi connectivity index (χ4n) is 2.33. The molecule has 24 heavy (non-hydrogen) atoms. The summed E-state index contributed by atoms with van der Waals surface area (Å²) in [6.07, 6.45) is 0.816. The summed E-state index contributed by atoms with van der Waals surface area (Å²) in [5.41, 5.74) is 4.18. The van der Waals surface area contributed by atoms with Crippen LogP contribution in [0.3, 0.4) is 0 Å². The summed E-state index contributed by atoms with van der Waals surface area (Å²) in [5, 5.41) is 0.667. The van der Waals surface area contributed by atoms with Crippen molar-refractivity contribution < 1.29 is 4.74 Å². The van der Waals surface area contributed by atoms with Gasteiger partial charge in [-0.15, -0.1) is 0 Å². The highest BCUT2D eigenvalue weighted by molar-refractivity contribution is 6.30. The summed E-state index contributed by atoms with van der Waals surface area (Å²) in [4.78, 5) is 9.11. The van der Waals surface area contributed by atoms with Crippen molar-refractivity contribution in [3.63, 3.8) is 0 Å². The van der Waals surface area contributed by atoms with Crippen LogP contribution in [-0.2, 0) is 13.0 Å². The molecule has 4 heteroatoms. The van der Waals surface area contributed by atoms with E-state index in [9.17, 15) is 0 Å². The Morgan fingerprint density at radius 2 is 1.79 bits per heavy atom. The summed E-state index contributed by atoms with van der Waals surface area (Å²) in [6, 6.07) is 17.7. The fraction of sp³-hybridized carbons (Fsp3) is 0.200. The highest BCUT2D eigenvalue weighted by atomic mass is 35.5. The molecule has 2 aromatic carbocycles. The molecular weight excluding hydrogens is 320 g/mol. The highest BCUT2D eigenvalue weighted by Crippen LogP contribution is 2.23. The van der Waals surface area contributed by atoms with Crippen LogP contribution in [0.4, 0.5) is 0 Å². The van der Waals surface area contributed by atoms with Gasteiger partial charge in [-0.3, -0.25) is 0 Å². The molecule has 0 spiro atoms. The Kier molecular flexibility index (Phi) is 5.11. The Labute approximate surface area is 147 Å².